The standard InChI is InChI=1S/C19H14F4N4O3S2/c1-3-10(28)26-19-25-8-5-4-7(6-9(8)32-19)24-18(31)27-17(29)11-12(20)14(22)16(30-2)15(23)13(11)21/h4-6H,3H2,1-2H3,(H,25,26,28)(H2,24,27,29,31). The highest BCUT2D eigenvalue weighted by atomic mass is 32.1. The molecule has 0 saturated heterocycles. The maximum Gasteiger partial charge on any atom is 0.263 e. The number of rotatable bonds is 5. The van der Waals surface area contributed by atoms with Gasteiger partial charge in [0.15, 0.2) is 27.6 Å². The molecule has 0 spiro atoms. The summed E-state index contributed by atoms with van der Waals surface area (Å²) in [7, 11) is 0.819. The van der Waals surface area contributed by atoms with Crippen molar-refractivity contribution < 1.29 is 31.9 Å². The van der Waals surface area contributed by atoms with Crippen LogP contribution in [0.2, 0.25) is 0 Å². The topological polar surface area (TPSA) is 92.4 Å². The molecule has 3 aromatic rings. The van der Waals surface area contributed by atoms with Crippen LogP contribution in [0.15, 0.2) is 18.2 Å². The first-order valence-electron chi connectivity index (χ1n) is 8.88. The van der Waals surface area contributed by atoms with E-state index in [1.165, 1.54) is 11.3 Å². The van der Waals surface area contributed by atoms with E-state index in [4.69, 9.17) is 12.2 Å². The number of carbonyl (C=O) groups is 2. The van der Waals surface area contributed by atoms with Crippen molar-refractivity contribution in [3.05, 3.63) is 47.0 Å². The molecule has 3 rings (SSSR count). The smallest absolute Gasteiger partial charge is 0.263 e. The number of thiocarbonyl (C=S) groups is 1. The van der Waals surface area contributed by atoms with Crippen molar-refractivity contribution in [3.8, 4) is 5.75 Å². The monoisotopic (exact) mass is 486 g/mol. The van der Waals surface area contributed by atoms with E-state index in [0.29, 0.717) is 27.5 Å². The van der Waals surface area contributed by atoms with Crippen LogP contribution in [0, 0.1) is 23.3 Å². The average molecular weight is 486 g/mol. The van der Waals surface area contributed by atoms with E-state index < -0.39 is 40.5 Å². The molecule has 3 N–H and O–H groups in total. The second kappa shape index (κ2) is 9.44. The van der Waals surface area contributed by atoms with Gasteiger partial charge >= 0.3 is 0 Å². The Labute approximate surface area is 187 Å². The Balaban J connectivity index is 1.76. The summed E-state index contributed by atoms with van der Waals surface area (Å²) >= 11 is 6.14. The van der Waals surface area contributed by atoms with Crippen molar-refractivity contribution in [1.29, 1.82) is 0 Å². The predicted octanol–water partition coefficient (Wildman–Crippen LogP) is 4.34. The molecule has 2 amide bonds. The van der Waals surface area contributed by atoms with Crippen molar-refractivity contribution in [2.45, 2.75) is 13.3 Å². The summed E-state index contributed by atoms with van der Waals surface area (Å²) in [5.74, 6) is -10.5. The average Bonchev–Trinajstić information content (AvgIpc) is 3.14. The molecule has 0 fully saturated rings. The Bertz CT molecular complexity index is 1220. The van der Waals surface area contributed by atoms with Crippen LogP contribution < -0.4 is 20.7 Å². The molecule has 0 aliphatic carbocycles. The van der Waals surface area contributed by atoms with Gasteiger partial charge in [-0.15, -0.1) is 0 Å². The van der Waals surface area contributed by atoms with Crippen LogP contribution in [0.3, 0.4) is 0 Å². The number of hydrogen-bond acceptors (Lipinski definition) is 6. The first-order valence-corrected chi connectivity index (χ1v) is 10.1. The van der Waals surface area contributed by atoms with Gasteiger partial charge in [-0.05, 0) is 30.4 Å². The zero-order valence-corrected chi connectivity index (χ0v) is 18.1. The number of benzene rings is 2. The van der Waals surface area contributed by atoms with Crippen LogP contribution in [-0.4, -0.2) is 29.0 Å². The third-order valence-corrected chi connectivity index (χ3v) is 5.23. The van der Waals surface area contributed by atoms with Crippen LogP contribution in [0.25, 0.3) is 10.2 Å². The molecule has 0 radical (unpaired) electrons. The molecule has 0 aliphatic heterocycles. The third kappa shape index (κ3) is 4.62. The van der Waals surface area contributed by atoms with Gasteiger partial charge in [0, 0.05) is 12.1 Å². The van der Waals surface area contributed by atoms with Gasteiger partial charge in [0.05, 0.1) is 17.3 Å². The second-order valence-corrected chi connectivity index (χ2v) is 7.61. The summed E-state index contributed by atoms with van der Waals surface area (Å²) in [5, 5.41) is 7.24. The Hall–Kier alpha value is -3.32. The Morgan fingerprint density at radius 2 is 1.75 bits per heavy atom. The van der Waals surface area contributed by atoms with Gasteiger partial charge in [-0.3, -0.25) is 14.9 Å². The number of amides is 2. The number of thiazole rings is 1. The third-order valence-electron chi connectivity index (χ3n) is 4.10. The number of ether oxygens (including phenoxy) is 1. The van der Waals surface area contributed by atoms with Crippen LogP contribution in [-0.2, 0) is 4.79 Å². The molecule has 0 unspecified atom stereocenters. The Kier molecular flexibility index (Phi) is 6.89. The van der Waals surface area contributed by atoms with Gasteiger partial charge in [0.25, 0.3) is 5.91 Å². The molecule has 168 valence electrons. The van der Waals surface area contributed by atoms with Crippen molar-refractivity contribution in [2.24, 2.45) is 0 Å². The van der Waals surface area contributed by atoms with Gasteiger partial charge in [0.1, 0.15) is 5.56 Å². The van der Waals surface area contributed by atoms with Crippen molar-refractivity contribution in [3.63, 3.8) is 0 Å². The first kappa shape index (κ1) is 23.3. The molecule has 7 nitrogen and oxygen atoms in total. The zero-order chi connectivity index (χ0) is 23.6. The van der Waals surface area contributed by atoms with E-state index in [9.17, 15) is 27.2 Å². The van der Waals surface area contributed by atoms with E-state index in [-0.39, 0.29) is 11.0 Å². The molecule has 1 aromatic heterocycles. The molecule has 13 heteroatoms. The number of anilines is 2. The van der Waals surface area contributed by atoms with E-state index >= 15 is 0 Å². The maximum absolute atomic E-state index is 14.1. The van der Waals surface area contributed by atoms with Crippen LogP contribution >= 0.6 is 23.6 Å². The van der Waals surface area contributed by atoms with Gasteiger partial charge < -0.3 is 15.4 Å². The minimum absolute atomic E-state index is 0.197. The van der Waals surface area contributed by atoms with E-state index in [2.05, 4.69) is 20.4 Å². The van der Waals surface area contributed by atoms with Gasteiger partial charge in [-0.2, -0.15) is 8.78 Å². The largest absolute Gasteiger partial charge is 0.491 e. The molecule has 0 saturated carbocycles. The SMILES string of the molecule is CCC(=O)Nc1nc2ccc(NC(=S)NC(=O)c3c(F)c(F)c(OC)c(F)c3F)cc2s1. The number of nitrogens with zero attached hydrogens (tertiary/aromatic N) is 1. The first-order chi connectivity index (χ1) is 15.2. The molecule has 0 aliphatic rings. The molecule has 2 aromatic carbocycles. The zero-order valence-electron chi connectivity index (χ0n) is 16.4. The lowest BCUT2D eigenvalue weighted by Crippen LogP contribution is -2.35. The summed E-state index contributed by atoms with van der Waals surface area (Å²) in [6.07, 6.45) is 0.292. The Morgan fingerprint density at radius 3 is 2.34 bits per heavy atom. The number of aromatic nitrogens is 1. The molecule has 0 atom stereocenters. The quantitative estimate of drug-likeness (QED) is 0.282. The summed E-state index contributed by atoms with van der Waals surface area (Å²) in [5.41, 5.74) is -0.512. The summed E-state index contributed by atoms with van der Waals surface area (Å²) in [4.78, 5) is 27.9. The summed E-state index contributed by atoms with van der Waals surface area (Å²) < 4.78 is 60.8. The predicted molar refractivity (Wildman–Crippen MR) is 115 cm³/mol. The summed E-state index contributed by atoms with van der Waals surface area (Å²) in [6.45, 7) is 1.70. The fourth-order valence-corrected chi connectivity index (χ4v) is 3.71. The van der Waals surface area contributed by atoms with E-state index in [1.54, 1.807) is 25.1 Å². The highest BCUT2D eigenvalue weighted by Crippen LogP contribution is 2.30. The molecule has 32 heavy (non-hydrogen) atoms. The lowest BCUT2D eigenvalue weighted by Gasteiger charge is -2.12. The van der Waals surface area contributed by atoms with Crippen LogP contribution in [0.4, 0.5) is 28.4 Å². The molecular formula is C19H14F4N4O3S2. The molecule has 1 heterocycles. The highest BCUT2D eigenvalue weighted by Gasteiger charge is 2.30. The number of hydrogen-bond donors (Lipinski definition) is 3. The molecule has 0 bridgehead atoms. The van der Waals surface area contributed by atoms with Crippen molar-refractivity contribution >= 4 is 61.5 Å². The van der Waals surface area contributed by atoms with Crippen molar-refractivity contribution in [2.75, 3.05) is 17.7 Å². The fourth-order valence-electron chi connectivity index (χ4n) is 2.58. The normalized spacial score (nSPS) is 10.7. The van der Waals surface area contributed by atoms with Gasteiger partial charge in [-0.1, -0.05) is 18.3 Å². The lowest BCUT2D eigenvalue weighted by molar-refractivity contribution is -0.115. The van der Waals surface area contributed by atoms with Crippen LogP contribution in [0.5, 0.6) is 5.75 Å². The van der Waals surface area contributed by atoms with Crippen LogP contribution in [0.1, 0.15) is 23.7 Å². The van der Waals surface area contributed by atoms with E-state index in [0.717, 1.165) is 7.11 Å². The summed E-state index contributed by atoms with van der Waals surface area (Å²) in [6, 6.07) is 4.79. The number of methoxy groups -OCH3 is 1. The minimum Gasteiger partial charge on any atom is -0.491 e. The van der Waals surface area contributed by atoms with E-state index in [1.807, 2.05) is 5.32 Å². The minimum atomic E-state index is -1.92. The van der Waals surface area contributed by atoms with Gasteiger partial charge in [-0.25, -0.2) is 13.8 Å². The Morgan fingerprint density at radius 1 is 1.09 bits per heavy atom. The highest BCUT2D eigenvalue weighted by molar-refractivity contribution is 7.80. The number of fused-ring (bicyclic) bond motifs is 1. The molecular weight excluding hydrogens is 472 g/mol. The fraction of sp³-hybridized carbons (Fsp3) is 0.158. The number of nitrogens with one attached hydrogen (secondary N) is 3. The maximum atomic E-state index is 14.1. The lowest BCUT2D eigenvalue weighted by atomic mass is 10.1. The number of carbonyl (C=O) groups excluding carboxylic acids is 2. The number of halogens is 4. The van der Waals surface area contributed by atoms with Gasteiger partial charge in [0.2, 0.25) is 17.5 Å². The second-order valence-electron chi connectivity index (χ2n) is 6.18. The van der Waals surface area contributed by atoms with Crippen molar-refractivity contribution in [1.82, 2.24) is 10.3 Å².